The SMILES string of the molecule is COc1cc(C(=O)N2CCN(c3nnc(Cc4ccc(F)cc4)s3)CC2)ccc1C. The minimum absolute atomic E-state index is 0.0159. The Morgan fingerprint density at radius 3 is 2.53 bits per heavy atom. The summed E-state index contributed by atoms with van der Waals surface area (Å²) in [5.41, 5.74) is 2.65. The maximum atomic E-state index is 13.1. The van der Waals surface area contributed by atoms with Crippen LogP contribution in [-0.4, -0.2) is 54.3 Å². The largest absolute Gasteiger partial charge is 0.496 e. The number of nitrogens with zero attached hydrogens (tertiary/aromatic N) is 4. The van der Waals surface area contributed by atoms with Crippen LogP contribution in [-0.2, 0) is 6.42 Å². The fourth-order valence-corrected chi connectivity index (χ4v) is 4.38. The first-order valence-electron chi connectivity index (χ1n) is 9.79. The molecule has 6 nitrogen and oxygen atoms in total. The van der Waals surface area contributed by atoms with Gasteiger partial charge in [-0.3, -0.25) is 4.79 Å². The number of amides is 1. The summed E-state index contributed by atoms with van der Waals surface area (Å²) in [6.45, 7) is 4.63. The van der Waals surface area contributed by atoms with Gasteiger partial charge in [0.2, 0.25) is 5.13 Å². The second-order valence-electron chi connectivity index (χ2n) is 7.25. The van der Waals surface area contributed by atoms with Crippen LogP contribution in [0.15, 0.2) is 42.5 Å². The number of hydrogen-bond donors (Lipinski definition) is 0. The average molecular weight is 427 g/mol. The van der Waals surface area contributed by atoms with Gasteiger partial charge < -0.3 is 14.5 Å². The number of methoxy groups -OCH3 is 1. The van der Waals surface area contributed by atoms with Crippen molar-refractivity contribution in [3.05, 3.63) is 70.0 Å². The molecule has 0 N–H and O–H groups in total. The van der Waals surface area contributed by atoms with Crippen LogP contribution in [0.25, 0.3) is 0 Å². The molecular weight excluding hydrogens is 403 g/mol. The van der Waals surface area contributed by atoms with Crippen molar-refractivity contribution in [3.63, 3.8) is 0 Å². The normalized spacial score (nSPS) is 14.1. The maximum Gasteiger partial charge on any atom is 0.254 e. The summed E-state index contributed by atoms with van der Waals surface area (Å²) in [7, 11) is 1.61. The van der Waals surface area contributed by atoms with E-state index in [0.29, 0.717) is 38.2 Å². The van der Waals surface area contributed by atoms with E-state index >= 15 is 0 Å². The molecule has 3 aromatic rings. The molecule has 1 fully saturated rings. The van der Waals surface area contributed by atoms with E-state index in [1.165, 1.54) is 12.1 Å². The number of halogens is 1. The Balaban J connectivity index is 1.36. The van der Waals surface area contributed by atoms with E-state index in [1.54, 1.807) is 36.6 Å². The number of benzene rings is 2. The molecule has 0 atom stereocenters. The summed E-state index contributed by atoms with van der Waals surface area (Å²) in [5.74, 6) is 0.498. The third-order valence-electron chi connectivity index (χ3n) is 5.22. The van der Waals surface area contributed by atoms with Crippen molar-refractivity contribution in [2.75, 3.05) is 38.2 Å². The standard InChI is InChI=1S/C22H23FN4O2S/c1-15-3-6-17(14-19(15)29-2)21(28)26-9-11-27(12-10-26)22-25-24-20(30-22)13-16-4-7-18(23)8-5-16/h3-8,14H,9-13H2,1-2H3. The number of rotatable bonds is 5. The van der Waals surface area contributed by atoms with Gasteiger partial charge in [-0.1, -0.05) is 29.5 Å². The zero-order valence-electron chi connectivity index (χ0n) is 17.0. The molecule has 1 aromatic heterocycles. The topological polar surface area (TPSA) is 58.6 Å². The van der Waals surface area contributed by atoms with E-state index in [2.05, 4.69) is 15.1 Å². The highest BCUT2D eigenvalue weighted by atomic mass is 32.1. The van der Waals surface area contributed by atoms with E-state index in [-0.39, 0.29) is 11.7 Å². The molecule has 0 saturated carbocycles. The van der Waals surface area contributed by atoms with Crippen molar-refractivity contribution in [1.29, 1.82) is 0 Å². The summed E-state index contributed by atoms with van der Waals surface area (Å²) in [6.07, 6.45) is 0.631. The van der Waals surface area contributed by atoms with E-state index < -0.39 is 0 Å². The number of carbonyl (C=O) groups is 1. The highest BCUT2D eigenvalue weighted by molar-refractivity contribution is 7.15. The Kier molecular flexibility index (Phi) is 5.94. The quantitative estimate of drug-likeness (QED) is 0.625. The lowest BCUT2D eigenvalue weighted by Crippen LogP contribution is -2.48. The first-order chi connectivity index (χ1) is 14.5. The number of hydrogen-bond acceptors (Lipinski definition) is 6. The summed E-state index contributed by atoms with van der Waals surface area (Å²) in [5, 5.41) is 10.3. The van der Waals surface area contributed by atoms with Crippen molar-refractivity contribution in [2.45, 2.75) is 13.3 Å². The van der Waals surface area contributed by atoms with E-state index in [9.17, 15) is 9.18 Å². The van der Waals surface area contributed by atoms with Crippen molar-refractivity contribution in [1.82, 2.24) is 15.1 Å². The molecule has 2 heterocycles. The van der Waals surface area contributed by atoms with Crippen LogP contribution in [0.5, 0.6) is 5.75 Å². The van der Waals surface area contributed by atoms with E-state index in [1.807, 2.05) is 24.0 Å². The number of aryl methyl sites for hydroxylation is 1. The Morgan fingerprint density at radius 2 is 1.83 bits per heavy atom. The molecular formula is C22H23FN4O2S. The molecule has 0 spiro atoms. The molecule has 2 aromatic carbocycles. The van der Waals surface area contributed by atoms with Crippen molar-refractivity contribution in [3.8, 4) is 5.75 Å². The lowest BCUT2D eigenvalue weighted by Gasteiger charge is -2.34. The Morgan fingerprint density at radius 1 is 1.10 bits per heavy atom. The second kappa shape index (κ2) is 8.79. The van der Waals surface area contributed by atoms with Gasteiger partial charge in [-0.15, -0.1) is 10.2 Å². The van der Waals surface area contributed by atoms with Gasteiger partial charge in [-0.05, 0) is 42.3 Å². The van der Waals surface area contributed by atoms with Gasteiger partial charge in [-0.25, -0.2) is 4.39 Å². The number of aromatic nitrogens is 2. The van der Waals surface area contributed by atoms with Gasteiger partial charge in [0.05, 0.1) is 7.11 Å². The Labute approximate surface area is 178 Å². The Bertz CT molecular complexity index is 1030. The number of carbonyl (C=O) groups excluding carboxylic acids is 1. The molecule has 0 aliphatic carbocycles. The minimum Gasteiger partial charge on any atom is -0.496 e. The molecule has 156 valence electrons. The smallest absolute Gasteiger partial charge is 0.254 e. The van der Waals surface area contributed by atoms with Crippen LogP contribution in [0, 0.1) is 12.7 Å². The third kappa shape index (κ3) is 4.43. The maximum absolute atomic E-state index is 13.1. The molecule has 8 heteroatoms. The van der Waals surface area contributed by atoms with Crippen LogP contribution in [0.3, 0.4) is 0 Å². The molecule has 30 heavy (non-hydrogen) atoms. The molecule has 1 saturated heterocycles. The summed E-state index contributed by atoms with van der Waals surface area (Å²) in [4.78, 5) is 16.9. The molecule has 0 bridgehead atoms. The third-order valence-corrected chi connectivity index (χ3v) is 6.20. The van der Waals surface area contributed by atoms with Crippen molar-refractivity contribution < 1.29 is 13.9 Å². The van der Waals surface area contributed by atoms with Gasteiger partial charge in [0.15, 0.2) is 0 Å². The van der Waals surface area contributed by atoms with Gasteiger partial charge >= 0.3 is 0 Å². The highest BCUT2D eigenvalue weighted by Gasteiger charge is 2.24. The fourth-order valence-electron chi connectivity index (χ4n) is 3.46. The first-order valence-corrected chi connectivity index (χ1v) is 10.6. The minimum atomic E-state index is -0.242. The predicted octanol–water partition coefficient (Wildman–Crippen LogP) is 3.55. The number of ether oxygens (including phenoxy) is 1. The molecule has 0 unspecified atom stereocenters. The average Bonchev–Trinajstić information content (AvgIpc) is 3.24. The second-order valence-corrected chi connectivity index (χ2v) is 8.29. The fraction of sp³-hybridized carbons (Fsp3) is 0.318. The molecule has 0 radical (unpaired) electrons. The van der Waals surface area contributed by atoms with Crippen molar-refractivity contribution in [2.24, 2.45) is 0 Å². The van der Waals surface area contributed by atoms with Crippen LogP contribution >= 0.6 is 11.3 Å². The zero-order chi connectivity index (χ0) is 21.1. The summed E-state index contributed by atoms with van der Waals surface area (Å²) < 4.78 is 18.4. The zero-order valence-corrected chi connectivity index (χ0v) is 17.8. The van der Waals surface area contributed by atoms with Gasteiger partial charge in [0, 0.05) is 38.2 Å². The van der Waals surface area contributed by atoms with Crippen LogP contribution in [0.1, 0.15) is 26.5 Å². The molecule has 4 rings (SSSR count). The Hall–Kier alpha value is -3.00. The predicted molar refractivity (Wildman–Crippen MR) is 115 cm³/mol. The van der Waals surface area contributed by atoms with Gasteiger partial charge in [0.1, 0.15) is 16.6 Å². The summed E-state index contributed by atoms with van der Waals surface area (Å²) in [6, 6.07) is 12.0. The summed E-state index contributed by atoms with van der Waals surface area (Å²) >= 11 is 1.54. The molecule has 1 amide bonds. The van der Waals surface area contributed by atoms with E-state index in [4.69, 9.17) is 4.74 Å². The lowest BCUT2D eigenvalue weighted by atomic mass is 10.1. The number of anilines is 1. The molecule has 1 aliphatic heterocycles. The van der Waals surface area contributed by atoms with Gasteiger partial charge in [-0.2, -0.15) is 0 Å². The number of piperazine rings is 1. The van der Waals surface area contributed by atoms with Gasteiger partial charge in [0.25, 0.3) is 5.91 Å². The first kappa shape index (κ1) is 20.3. The van der Waals surface area contributed by atoms with Crippen LogP contribution in [0.2, 0.25) is 0 Å². The molecule has 1 aliphatic rings. The lowest BCUT2D eigenvalue weighted by molar-refractivity contribution is 0.0746. The monoisotopic (exact) mass is 426 g/mol. The van der Waals surface area contributed by atoms with Crippen LogP contribution < -0.4 is 9.64 Å². The van der Waals surface area contributed by atoms with Crippen LogP contribution in [0.4, 0.5) is 9.52 Å². The van der Waals surface area contributed by atoms with E-state index in [0.717, 1.165) is 27.0 Å². The van der Waals surface area contributed by atoms with Crippen molar-refractivity contribution >= 4 is 22.4 Å². The highest BCUT2D eigenvalue weighted by Crippen LogP contribution is 2.25.